The predicted molar refractivity (Wildman–Crippen MR) is 61.3 cm³/mol. The van der Waals surface area contributed by atoms with Crippen LogP contribution >= 0.6 is 0 Å². The predicted octanol–water partition coefficient (Wildman–Crippen LogP) is 4.41. The lowest BCUT2D eigenvalue weighted by Crippen LogP contribution is -1.86. The molecule has 3 aromatic carbocycles. The molecule has 3 aromatic rings. The molecule has 0 fully saturated rings. The maximum Gasteiger partial charge on any atom is 0.134 e. The van der Waals surface area contributed by atoms with Crippen molar-refractivity contribution in [3.05, 3.63) is 59.9 Å². The SMILES string of the molecule is Fc1cc(F)c2c(ccc3ccc(F)cc32)c1. The first-order chi connectivity index (χ1) is 8.15. The van der Waals surface area contributed by atoms with E-state index in [1.54, 1.807) is 18.2 Å². The molecule has 0 spiro atoms. The van der Waals surface area contributed by atoms with Crippen LogP contribution in [0.4, 0.5) is 13.2 Å². The summed E-state index contributed by atoms with van der Waals surface area (Å²) in [6.07, 6.45) is 0. The smallest absolute Gasteiger partial charge is 0.134 e. The third-order valence-corrected chi connectivity index (χ3v) is 2.81. The maximum absolute atomic E-state index is 13.7. The summed E-state index contributed by atoms with van der Waals surface area (Å²) < 4.78 is 40.0. The molecule has 0 saturated heterocycles. The van der Waals surface area contributed by atoms with Crippen LogP contribution in [0.1, 0.15) is 0 Å². The van der Waals surface area contributed by atoms with Gasteiger partial charge in [0.05, 0.1) is 0 Å². The summed E-state index contributed by atoms with van der Waals surface area (Å²) in [5.41, 5.74) is 0. The van der Waals surface area contributed by atoms with Gasteiger partial charge in [-0.25, -0.2) is 13.2 Å². The summed E-state index contributed by atoms with van der Waals surface area (Å²) >= 11 is 0. The molecule has 0 aliphatic rings. The first-order valence-corrected chi connectivity index (χ1v) is 5.12. The Morgan fingerprint density at radius 3 is 2.18 bits per heavy atom. The second kappa shape index (κ2) is 3.48. The zero-order valence-electron chi connectivity index (χ0n) is 8.68. The van der Waals surface area contributed by atoms with Crippen LogP contribution in [-0.2, 0) is 0 Å². The molecule has 0 saturated carbocycles. The van der Waals surface area contributed by atoms with Gasteiger partial charge < -0.3 is 0 Å². The summed E-state index contributed by atoms with van der Waals surface area (Å²) in [4.78, 5) is 0. The molecule has 0 heterocycles. The van der Waals surface area contributed by atoms with Gasteiger partial charge in [0, 0.05) is 11.5 Å². The van der Waals surface area contributed by atoms with Gasteiger partial charge in [-0.05, 0) is 34.4 Å². The Morgan fingerprint density at radius 2 is 1.35 bits per heavy atom. The van der Waals surface area contributed by atoms with Crippen molar-refractivity contribution in [2.45, 2.75) is 0 Å². The highest BCUT2D eigenvalue weighted by atomic mass is 19.1. The minimum absolute atomic E-state index is 0.253. The first kappa shape index (κ1) is 10.1. The Hall–Kier alpha value is -2.03. The molecule has 3 heteroatoms. The van der Waals surface area contributed by atoms with Gasteiger partial charge in [0.15, 0.2) is 0 Å². The van der Waals surface area contributed by atoms with Crippen LogP contribution in [0, 0.1) is 17.5 Å². The summed E-state index contributed by atoms with van der Waals surface area (Å²) in [6, 6.07) is 9.55. The fraction of sp³-hybridized carbons (Fsp3) is 0. The van der Waals surface area contributed by atoms with Gasteiger partial charge >= 0.3 is 0 Å². The van der Waals surface area contributed by atoms with Gasteiger partial charge in [-0.2, -0.15) is 0 Å². The zero-order valence-corrected chi connectivity index (χ0v) is 8.68. The van der Waals surface area contributed by atoms with E-state index in [4.69, 9.17) is 0 Å². The average molecular weight is 232 g/mol. The van der Waals surface area contributed by atoms with Crippen molar-refractivity contribution in [2.75, 3.05) is 0 Å². The molecule has 0 bridgehead atoms. The second-order valence-electron chi connectivity index (χ2n) is 3.92. The number of hydrogen-bond acceptors (Lipinski definition) is 0. The third kappa shape index (κ3) is 1.55. The van der Waals surface area contributed by atoms with Crippen molar-refractivity contribution in [1.82, 2.24) is 0 Å². The van der Waals surface area contributed by atoms with E-state index >= 15 is 0 Å². The van der Waals surface area contributed by atoms with E-state index in [2.05, 4.69) is 0 Å². The molecule has 0 nitrogen and oxygen atoms in total. The average Bonchev–Trinajstić information content (AvgIpc) is 2.27. The highest BCUT2D eigenvalue weighted by Crippen LogP contribution is 2.28. The van der Waals surface area contributed by atoms with Crippen molar-refractivity contribution in [2.24, 2.45) is 0 Å². The molecule has 3 rings (SSSR count). The van der Waals surface area contributed by atoms with Crippen LogP contribution in [0.2, 0.25) is 0 Å². The van der Waals surface area contributed by atoms with Crippen LogP contribution in [0.5, 0.6) is 0 Å². The molecule has 0 aromatic heterocycles. The van der Waals surface area contributed by atoms with E-state index in [0.29, 0.717) is 10.8 Å². The van der Waals surface area contributed by atoms with Gasteiger partial charge in [0.1, 0.15) is 17.5 Å². The Bertz CT molecular complexity index is 732. The minimum Gasteiger partial charge on any atom is -0.207 e. The zero-order chi connectivity index (χ0) is 12.0. The molecule has 17 heavy (non-hydrogen) atoms. The van der Waals surface area contributed by atoms with Gasteiger partial charge in [-0.1, -0.05) is 18.2 Å². The van der Waals surface area contributed by atoms with Crippen molar-refractivity contribution < 1.29 is 13.2 Å². The molecule has 84 valence electrons. The maximum atomic E-state index is 13.7. The number of hydrogen-bond donors (Lipinski definition) is 0. The third-order valence-electron chi connectivity index (χ3n) is 2.81. The minimum atomic E-state index is -0.670. The Morgan fingerprint density at radius 1 is 0.647 bits per heavy atom. The number of benzene rings is 3. The molecular weight excluding hydrogens is 225 g/mol. The van der Waals surface area contributed by atoms with Crippen molar-refractivity contribution in [3.63, 3.8) is 0 Å². The van der Waals surface area contributed by atoms with Crippen LogP contribution in [0.15, 0.2) is 42.5 Å². The van der Waals surface area contributed by atoms with Crippen LogP contribution in [-0.4, -0.2) is 0 Å². The van der Waals surface area contributed by atoms with E-state index in [1.165, 1.54) is 18.2 Å². The normalized spacial score (nSPS) is 11.2. The van der Waals surface area contributed by atoms with Crippen LogP contribution in [0.25, 0.3) is 21.5 Å². The Labute approximate surface area is 95.3 Å². The molecular formula is C14H7F3. The lowest BCUT2D eigenvalue weighted by molar-refractivity contribution is 0.592. The molecule has 0 unspecified atom stereocenters. The lowest BCUT2D eigenvalue weighted by atomic mass is 10.0. The van der Waals surface area contributed by atoms with Crippen molar-refractivity contribution in [1.29, 1.82) is 0 Å². The van der Waals surface area contributed by atoms with Gasteiger partial charge in [0.2, 0.25) is 0 Å². The summed E-state index contributed by atoms with van der Waals surface area (Å²) in [6.45, 7) is 0. The highest BCUT2D eigenvalue weighted by molar-refractivity contribution is 6.07. The largest absolute Gasteiger partial charge is 0.207 e. The fourth-order valence-corrected chi connectivity index (χ4v) is 2.08. The summed E-state index contributed by atoms with van der Waals surface area (Å²) in [5.74, 6) is -1.74. The summed E-state index contributed by atoms with van der Waals surface area (Å²) in [5, 5.41) is 1.87. The molecule has 0 radical (unpaired) electrons. The van der Waals surface area contributed by atoms with Gasteiger partial charge in [0.25, 0.3) is 0 Å². The van der Waals surface area contributed by atoms with E-state index in [0.717, 1.165) is 11.5 Å². The number of fused-ring (bicyclic) bond motifs is 3. The summed E-state index contributed by atoms with van der Waals surface area (Å²) in [7, 11) is 0. The standard InChI is InChI=1S/C14H7F3/c15-10-4-3-8-1-2-9-5-11(16)7-13(17)14(9)12(8)6-10/h1-7H. The van der Waals surface area contributed by atoms with Crippen molar-refractivity contribution in [3.8, 4) is 0 Å². The van der Waals surface area contributed by atoms with E-state index in [-0.39, 0.29) is 5.39 Å². The second-order valence-corrected chi connectivity index (χ2v) is 3.92. The van der Waals surface area contributed by atoms with Gasteiger partial charge in [-0.15, -0.1) is 0 Å². The molecule has 0 aliphatic heterocycles. The molecule has 0 N–H and O–H groups in total. The molecule has 0 amide bonds. The number of halogens is 3. The number of rotatable bonds is 0. The quantitative estimate of drug-likeness (QED) is 0.503. The van der Waals surface area contributed by atoms with Crippen molar-refractivity contribution >= 4 is 21.5 Å². The fourth-order valence-electron chi connectivity index (χ4n) is 2.08. The van der Waals surface area contributed by atoms with Gasteiger partial charge in [-0.3, -0.25) is 0 Å². The van der Waals surface area contributed by atoms with E-state index in [1.807, 2.05) is 0 Å². The molecule has 0 atom stereocenters. The highest BCUT2D eigenvalue weighted by Gasteiger charge is 2.08. The van der Waals surface area contributed by atoms with E-state index < -0.39 is 17.5 Å². The molecule has 0 aliphatic carbocycles. The monoisotopic (exact) mass is 232 g/mol. The topological polar surface area (TPSA) is 0 Å². The first-order valence-electron chi connectivity index (χ1n) is 5.12. The lowest BCUT2D eigenvalue weighted by Gasteiger charge is -2.05. The Kier molecular flexibility index (Phi) is 2.08. The van der Waals surface area contributed by atoms with Crippen LogP contribution in [0.3, 0.4) is 0 Å². The van der Waals surface area contributed by atoms with E-state index in [9.17, 15) is 13.2 Å². The van der Waals surface area contributed by atoms with Crippen LogP contribution < -0.4 is 0 Å². The Balaban J connectivity index is 2.58.